The van der Waals surface area contributed by atoms with E-state index >= 15 is 0 Å². The number of nitrogens with zero attached hydrogens (tertiary/aromatic N) is 2. The normalized spacial score (nSPS) is 26.7. The molecule has 0 unspecified atom stereocenters. The monoisotopic (exact) mass is 164 g/mol. The summed E-state index contributed by atoms with van der Waals surface area (Å²) >= 11 is 0. The quantitative estimate of drug-likeness (QED) is 0.540. The van der Waals surface area contributed by atoms with Crippen LogP contribution >= 0.6 is 0 Å². The van der Waals surface area contributed by atoms with Crippen molar-refractivity contribution in [2.45, 2.75) is 0 Å². The lowest BCUT2D eigenvalue weighted by Crippen LogP contribution is -1.96. The first-order valence-corrected chi connectivity index (χ1v) is 3.69. The molecule has 0 fully saturated rings. The van der Waals surface area contributed by atoms with Crippen molar-refractivity contribution < 1.29 is 9.47 Å². The van der Waals surface area contributed by atoms with Crippen LogP contribution in [0.4, 0.5) is 0 Å². The molecule has 0 aromatic carbocycles. The molecule has 0 aliphatic carbocycles. The van der Waals surface area contributed by atoms with Crippen LogP contribution in [0.25, 0.3) is 0 Å². The van der Waals surface area contributed by atoms with E-state index in [1.165, 1.54) is 0 Å². The molecule has 0 atom stereocenters. The van der Waals surface area contributed by atoms with E-state index in [9.17, 15) is 0 Å². The van der Waals surface area contributed by atoms with Crippen molar-refractivity contribution in [1.29, 1.82) is 0 Å². The second-order valence-corrected chi connectivity index (χ2v) is 2.30. The first kappa shape index (κ1) is 7.09. The summed E-state index contributed by atoms with van der Waals surface area (Å²) in [7, 11) is 0. The smallest absolute Gasteiger partial charge is 0.233 e. The Kier molecular flexibility index (Phi) is 1.90. The van der Waals surface area contributed by atoms with Gasteiger partial charge in [-0.1, -0.05) is 0 Å². The lowest BCUT2D eigenvalue weighted by Gasteiger charge is -1.93. The topological polar surface area (TPSA) is 43.2 Å². The molecule has 2 aliphatic heterocycles. The second kappa shape index (κ2) is 3.21. The third kappa shape index (κ3) is 1.53. The van der Waals surface area contributed by atoms with Gasteiger partial charge in [-0.25, -0.2) is 0 Å². The van der Waals surface area contributed by atoms with Crippen LogP contribution < -0.4 is 0 Å². The van der Waals surface area contributed by atoms with E-state index in [1.54, 1.807) is 12.2 Å². The van der Waals surface area contributed by atoms with Gasteiger partial charge in [0.05, 0.1) is 0 Å². The Morgan fingerprint density at radius 3 is 1.75 bits per heavy atom. The molecular formula is C8H8N2O2. The molecule has 62 valence electrons. The second-order valence-electron chi connectivity index (χ2n) is 2.30. The van der Waals surface area contributed by atoms with Crippen LogP contribution in [0, 0.1) is 0 Å². The van der Waals surface area contributed by atoms with Gasteiger partial charge in [0.25, 0.3) is 0 Å². The highest BCUT2D eigenvalue weighted by Crippen LogP contribution is 1.99. The maximum absolute atomic E-state index is 5.06. The molecule has 2 heterocycles. The summed E-state index contributed by atoms with van der Waals surface area (Å²) in [5, 5.41) is 7.65. The molecule has 12 heavy (non-hydrogen) atoms. The van der Waals surface area contributed by atoms with Gasteiger partial charge in [-0.3, -0.25) is 0 Å². The van der Waals surface area contributed by atoms with Gasteiger partial charge in [0, 0.05) is 12.2 Å². The van der Waals surface area contributed by atoms with Crippen molar-refractivity contribution in [2.75, 3.05) is 13.2 Å². The van der Waals surface area contributed by atoms with E-state index in [1.807, 2.05) is 12.2 Å². The highest BCUT2D eigenvalue weighted by atomic mass is 16.5. The Bertz CT molecular complexity index is 259. The zero-order valence-electron chi connectivity index (χ0n) is 6.43. The van der Waals surface area contributed by atoms with Crippen LogP contribution in [-0.4, -0.2) is 25.0 Å². The van der Waals surface area contributed by atoms with Crippen LogP contribution in [0.15, 0.2) is 34.5 Å². The number of ether oxygens (including phenoxy) is 2. The Morgan fingerprint density at radius 2 is 1.42 bits per heavy atom. The minimum absolute atomic E-state index is 0.534. The summed E-state index contributed by atoms with van der Waals surface area (Å²) in [6.07, 6.45) is 7.32. The van der Waals surface area contributed by atoms with Crippen molar-refractivity contribution in [3.8, 4) is 0 Å². The minimum Gasteiger partial charge on any atom is -0.472 e. The van der Waals surface area contributed by atoms with E-state index in [0.29, 0.717) is 25.0 Å². The van der Waals surface area contributed by atoms with E-state index in [0.717, 1.165) is 0 Å². The van der Waals surface area contributed by atoms with Crippen molar-refractivity contribution in [1.82, 2.24) is 0 Å². The minimum atomic E-state index is 0.534. The molecule has 0 N–H and O–H groups in total. The van der Waals surface area contributed by atoms with Crippen LogP contribution in [0.2, 0.25) is 0 Å². The number of hydrogen-bond donors (Lipinski definition) is 0. The van der Waals surface area contributed by atoms with Gasteiger partial charge in [0.15, 0.2) is 0 Å². The summed E-state index contributed by atoms with van der Waals surface area (Å²) < 4.78 is 10.1. The fourth-order valence-corrected chi connectivity index (χ4v) is 0.884. The average Bonchev–Trinajstić information content (AvgIpc) is 2.74. The highest BCUT2D eigenvalue weighted by molar-refractivity contribution is 5.92. The van der Waals surface area contributed by atoms with Gasteiger partial charge < -0.3 is 9.47 Å². The van der Waals surface area contributed by atoms with Gasteiger partial charge in [-0.15, -0.1) is 10.2 Å². The summed E-state index contributed by atoms with van der Waals surface area (Å²) in [5.41, 5.74) is 0. The van der Waals surface area contributed by atoms with E-state index < -0.39 is 0 Å². The van der Waals surface area contributed by atoms with Crippen LogP contribution in [0.5, 0.6) is 0 Å². The van der Waals surface area contributed by atoms with Crippen LogP contribution in [0.3, 0.4) is 0 Å². The first-order chi connectivity index (χ1) is 5.95. The molecule has 0 aromatic heterocycles. The van der Waals surface area contributed by atoms with Gasteiger partial charge in [-0.2, -0.15) is 0 Å². The summed E-state index contributed by atoms with van der Waals surface area (Å²) in [6.45, 7) is 1.17. The average molecular weight is 164 g/mol. The van der Waals surface area contributed by atoms with Gasteiger partial charge in [0.1, 0.15) is 13.2 Å². The maximum Gasteiger partial charge on any atom is 0.233 e. The fourth-order valence-electron chi connectivity index (χ4n) is 0.884. The van der Waals surface area contributed by atoms with Crippen LogP contribution in [0.1, 0.15) is 0 Å². The molecule has 4 heteroatoms. The third-order valence-electron chi connectivity index (χ3n) is 1.42. The molecular weight excluding hydrogens is 156 g/mol. The maximum atomic E-state index is 5.06. The van der Waals surface area contributed by atoms with Gasteiger partial charge in [-0.05, 0) is 12.2 Å². The largest absolute Gasteiger partial charge is 0.472 e. The van der Waals surface area contributed by atoms with Crippen molar-refractivity contribution in [3.05, 3.63) is 24.3 Å². The predicted molar refractivity (Wildman–Crippen MR) is 45.1 cm³/mol. The van der Waals surface area contributed by atoms with Crippen molar-refractivity contribution >= 4 is 11.8 Å². The summed E-state index contributed by atoms with van der Waals surface area (Å²) in [6, 6.07) is 0. The highest BCUT2D eigenvalue weighted by Gasteiger charge is 2.02. The molecule has 0 aromatic rings. The van der Waals surface area contributed by atoms with Gasteiger partial charge >= 0.3 is 0 Å². The lowest BCUT2D eigenvalue weighted by atomic mass is 10.6. The zero-order valence-corrected chi connectivity index (χ0v) is 6.43. The molecule has 0 amide bonds. The molecule has 0 radical (unpaired) electrons. The lowest BCUT2D eigenvalue weighted by molar-refractivity contribution is 0.359. The molecule has 0 bridgehead atoms. The SMILES string of the molecule is C1=CC(=NN=C2C=CCO2)OC1. The molecule has 2 rings (SSSR count). The number of hydrogen-bond acceptors (Lipinski definition) is 4. The Labute approximate surface area is 69.9 Å². The van der Waals surface area contributed by atoms with E-state index in [4.69, 9.17) is 9.47 Å². The van der Waals surface area contributed by atoms with E-state index in [-0.39, 0.29) is 0 Å². The van der Waals surface area contributed by atoms with Crippen LogP contribution in [-0.2, 0) is 9.47 Å². The van der Waals surface area contributed by atoms with E-state index in [2.05, 4.69) is 10.2 Å². The standard InChI is InChI=1S/C8H8N2O2/c1-3-7(11-5-1)9-10-8-4-2-6-12-8/h1-4H,5-6H2. The first-order valence-electron chi connectivity index (χ1n) is 3.69. The molecule has 2 aliphatic rings. The Morgan fingerprint density at radius 1 is 0.917 bits per heavy atom. The summed E-state index contributed by atoms with van der Waals surface area (Å²) in [5.74, 6) is 1.07. The summed E-state index contributed by atoms with van der Waals surface area (Å²) in [4.78, 5) is 0. The van der Waals surface area contributed by atoms with Gasteiger partial charge in [0.2, 0.25) is 11.8 Å². The zero-order chi connectivity index (χ0) is 8.23. The molecule has 4 nitrogen and oxygen atoms in total. The molecule has 0 saturated heterocycles. The molecule has 0 saturated carbocycles. The Hall–Kier alpha value is -1.58. The van der Waals surface area contributed by atoms with Crippen molar-refractivity contribution in [3.63, 3.8) is 0 Å². The predicted octanol–water partition coefficient (Wildman–Crippen LogP) is 0.871. The third-order valence-corrected chi connectivity index (χ3v) is 1.42. The number of rotatable bonds is 1. The fraction of sp³-hybridized carbons (Fsp3) is 0.250. The Balaban J connectivity index is 2.03. The molecule has 0 spiro atoms. The van der Waals surface area contributed by atoms with Crippen molar-refractivity contribution in [2.24, 2.45) is 10.2 Å².